The summed E-state index contributed by atoms with van der Waals surface area (Å²) in [5.74, 6) is -13.8. The van der Waals surface area contributed by atoms with E-state index in [-0.39, 0.29) is 6.42 Å². The summed E-state index contributed by atoms with van der Waals surface area (Å²) in [6.07, 6.45) is -0.677. The largest absolute Gasteiger partial charge is 0.459 e. The molecule has 1 N–H and O–H groups in total. The van der Waals surface area contributed by atoms with E-state index in [1.807, 2.05) is 0 Å². The number of carbonyl (C=O) groups is 2. The predicted octanol–water partition coefficient (Wildman–Crippen LogP) is 3.98. The van der Waals surface area contributed by atoms with Crippen LogP contribution >= 0.6 is 0 Å². The number of ether oxygens (including phenoxy) is 1. The lowest BCUT2D eigenvalue weighted by molar-refractivity contribution is -0.153. The van der Waals surface area contributed by atoms with Crippen LogP contribution in [0.1, 0.15) is 41.4 Å². The predicted molar refractivity (Wildman–Crippen MR) is 91.3 cm³/mol. The van der Waals surface area contributed by atoms with Gasteiger partial charge in [-0.05, 0) is 11.1 Å². The first-order chi connectivity index (χ1) is 13.6. The number of hydrogen-bond donors (Lipinski definition) is 1. The molecule has 1 aliphatic rings. The maximum atomic E-state index is 14.0. The number of rotatable bonds is 4. The number of halogens is 5. The molecule has 0 radical (unpaired) electrons. The molecule has 1 amide bonds. The third kappa shape index (κ3) is 3.68. The third-order valence-corrected chi connectivity index (χ3v) is 4.65. The highest BCUT2D eigenvalue weighted by atomic mass is 19.2. The average Bonchev–Trinajstić information content (AvgIpc) is 3.02. The van der Waals surface area contributed by atoms with E-state index < -0.39 is 64.6 Å². The summed E-state index contributed by atoms with van der Waals surface area (Å²) in [6.45, 7) is 3.21. The lowest BCUT2D eigenvalue weighted by atomic mass is 10.1. The first kappa shape index (κ1) is 20.8. The summed E-state index contributed by atoms with van der Waals surface area (Å²) in [5, 5.41) is 2.25. The lowest BCUT2D eigenvalue weighted by Crippen LogP contribution is -2.38. The van der Waals surface area contributed by atoms with Crippen LogP contribution in [0.5, 0.6) is 0 Å². The first-order valence-corrected chi connectivity index (χ1v) is 8.74. The van der Waals surface area contributed by atoms with Gasteiger partial charge in [-0.2, -0.15) is 0 Å². The summed E-state index contributed by atoms with van der Waals surface area (Å²) in [4.78, 5) is 24.4. The van der Waals surface area contributed by atoms with Gasteiger partial charge in [0.2, 0.25) is 5.82 Å². The zero-order valence-corrected chi connectivity index (χ0v) is 15.4. The molecular formula is C20H16F5NO3. The number of fused-ring (bicyclic) bond motifs is 1. The summed E-state index contributed by atoms with van der Waals surface area (Å²) in [7, 11) is 0. The second kappa shape index (κ2) is 7.81. The molecule has 0 spiro atoms. The molecule has 29 heavy (non-hydrogen) atoms. The Bertz CT molecular complexity index is 963. The molecule has 4 nitrogen and oxygen atoms in total. The molecule has 0 saturated carbocycles. The Morgan fingerprint density at radius 3 is 2.10 bits per heavy atom. The zero-order valence-electron chi connectivity index (χ0n) is 15.4. The van der Waals surface area contributed by atoms with E-state index >= 15 is 0 Å². The van der Waals surface area contributed by atoms with Gasteiger partial charge in [0.15, 0.2) is 23.3 Å². The van der Waals surface area contributed by atoms with Gasteiger partial charge in [-0.3, -0.25) is 9.59 Å². The summed E-state index contributed by atoms with van der Waals surface area (Å²) < 4.78 is 73.4. The van der Waals surface area contributed by atoms with E-state index in [1.54, 1.807) is 38.1 Å². The first-order valence-electron chi connectivity index (χ1n) is 8.74. The zero-order chi connectivity index (χ0) is 21.5. The van der Waals surface area contributed by atoms with Crippen LogP contribution in [-0.2, 0) is 16.0 Å². The monoisotopic (exact) mass is 413 g/mol. The Labute approximate surface area is 162 Å². The fraction of sp³-hybridized carbons (Fsp3) is 0.300. The fourth-order valence-electron chi connectivity index (χ4n) is 3.14. The van der Waals surface area contributed by atoms with E-state index in [1.165, 1.54) is 0 Å². The number of hydrogen-bond acceptors (Lipinski definition) is 3. The van der Waals surface area contributed by atoms with Gasteiger partial charge in [0.1, 0.15) is 11.7 Å². The minimum absolute atomic E-state index is 0.219. The van der Waals surface area contributed by atoms with Crippen molar-refractivity contribution in [3.05, 3.63) is 70.0 Å². The number of benzene rings is 2. The van der Waals surface area contributed by atoms with Crippen LogP contribution in [0.3, 0.4) is 0 Å². The van der Waals surface area contributed by atoms with E-state index in [0.29, 0.717) is 5.56 Å². The minimum Gasteiger partial charge on any atom is -0.459 e. The van der Waals surface area contributed by atoms with Gasteiger partial charge in [0.25, 0.3) is 5.91 Å². The molecule has 2 aromatic carbocycles. The molecule has 0 bridgehead atoms. The quantitative estimate of drug-likeness (QED) is 0.357. The average molecular weight is 413 g/mol. The van der Waals surface area contributed by atoms with Crippen molar-refractivity contribution >= 4 is 11.9 Å². The Morgan fingerprint density at radius 2 is 1.52 bits per heavy atom. The highest BCUT2D eigenvalue weighted by Crippen LogP contribution is 2.34. The van der Waals surface area contributed by atoms with Gasteiger partial charge < -0.3 is 10.1 Å². The normalized spacial score (nSPS) is 17.9. The highest BCUT2D eigenvalue weighted by Gasteiger charge is 2.38. The molecule has 154 valence electrons. The number of nitrogens with one attached hydrogen (secondary N) is 1. The summed E-state index contributed by atoms with van der Waals surface area (Å²) in [5.41, 5.74) is -0.359. The van der Waals surface area contributed by atoms with Crippen LogP contribution in [-0.4, -0.2) is 18.0 Å². The van der Waals surface area contributed by atoms with Crippen LogP contribution in [0, 0.1) is 35.0 Å². The Kier molecular flexibility index (Phi) is 5.59. The van der Waals surface area contributed by atoms with Gasteiger partial charge in [0.05, 0.1) is 12.0 Å². The second-order valence-electron chi connectivity index (χ2n) is 6.93. The van der Waals surface area contributed by atoms with Gasteiger partial charge in [-0.25, -0.2) is 22.0 Å². The van der Waals surface area contributed by atoms with Crippen molar-refractivity contribution in [2.24, 2.45) is 5.92 Å². The molecular weight excluding hydrogens is 397 g/mol. The molecule has 1 aliphatic carbocycles. The smallest absolute Gasteiger partial charge is 0.308 e. The van der Waals surface area contributed by atoms with Gasteiger partial charge in [-0.1, -0.05) is 38.1 Å². The molecule has 0 saturated heterocycles. The molecule has 0 unspecified atom stereocenters. The van der Waals surface area contributed by atoms with Gasteiger partial charge in [0, 0.05) is 6.42 Å². The van der Waals surface area contributed by atoms with Crippen molar-refractivity contribution < 1.29 is 36.3 Å². The molecule has 2 atom stereocenters. The van der Waals surface area contributed by atoms with Crippen molar-refractivity contribution in [2.75, 3.05) is 0 Å². The van der Waals surface area contributed by atoms with Crippen molar-refractivity contribution in [3.63, 3.8) is 0 Å². The Balaban J connectivity index is 1.96. The van der Waals surface area contributed by atoms with Crippen molar-refractivity contribution in [2.45, 2.75) is 32.4 Å². The van der Waals surface area contributed by atoms with Crippen molar-refractivity contribution in [3.8, 4) is 0 Å². The maximum absolute atomic E-state index is 14.0. The van der Waals surface area contributed by atoms with E-state index in [9.17, 15) is 31.5 Å². The number of carbonyl (C=O) groups excluding carboxylic acids is 2. The van der Waals surface area contributed by atoms with E-state index in [0.717, 1.165) is 5.56 Å². The molecule has 0 aliphatic heterocycles. The van der Waals surface area contributed by atoms with Crippen molar-refractivity contribution in [1.82, 2.24) is 5.32 Å². The minimum atomic E-state index is -2.36. The van der Waals surface area contributed by atoms with Crippen LogP contribution in [0.2, 0.25) is 0 Å². The van der Waals surface area contributed by atoms with Crippen LogP contribution in [0.25, 0.3) is 0 Å². The number of amides is 1. The van der Waals surface area contributed by atoms with E-state index in [2.05, 4.69) is 5.32 Å². The SMILES string of the molecule is CC(C)C(=O)O[C@@H]1Cc2ccccc2[C@@H]1NC(=O)c1c(F)c(F)c(F)c(F)c1F. The second-order valence-corrected chi connectivity index (χ2v) is 6.93. The van der Waals surface area contributed by atoms with Crippen LogP contribution in [0.4, 0.5) is 22.0 Å². The van der Waals surface area contributed by atoms with Crippen molar-refractivity contribution in [1.29, 1.82) is 0 Å². The Morgan fingerprint density at radius 1 is 0.966 bits per heavy atom. The highest BCUT2D eigenvalue weighted by molar-refractivity contribution is 5.95. The van der Waals surface area contributed by atoms with Gasteiger partial charge in [-0.15, -0.1) is 0 Å². The molecule has 2 aromatic rings. The molecule has 0 fully saturated rings. The molecule has 3 rings (SSSR count). The number of esters is 1. The summed E-state index contributed by atoms with van der Waals surface area (Å²) in [6, 6.07) is 5.67. The van der Waals surface area contributed by atoms with Crippen LogP contribution in [0.15, 0.2) is 24.3 Å². The van der Waals surface area contributed by atoms with Crippen LogP contribution < -0.4 is 5.32 Å². The Hall–Kier alpha value is -2.97. The lowest BCUT2D eigenvalue weighted by Gasteiger charge is -2.23. The standard InChI is InChI=1S/C20H16F5NO3/c1-8(2)20(28)29-11-7-9-5-3-4-6-10(9)18(11)26-19(27)12-13(21)15(23)17(25)16(24)14(12)22/h3-6,8,11,18H,7H2,1-2H3,(H,26,27)/t11-,18+/m1/s1. The molecule has 9 heteroatoms. The molecule has 0 heterocycles. The van der Waals surface area contributed by atoms with Gasteiger partial charge >= 0.3 is 5.97 Å². The third-order valence-electron chi connectivity index (χ3n) is 4.65. The van der Waals surface area contributed by atoms with E-state index in [4.69, 9.17) is 4.74 Å². The fourth-order valence-corrected chi connectivity index (χ4v) is 3.14. The summed E-state index contributed by atoms with van der Waals surface area (Å²) >= 11 is 0. The topological polar surface area (TPSA) is 55.4 Å². The molecule has 0 aromatic heterocycles. The maximum Gasteiger partial charge on any atom is 0.308 e.